The Labute approximate surface area is 155 Å². The number of nitrogens with zero attached hydrogens (tertiary/aromatic N) is 1. The fraction of sp³-hybridized carbons (Fsp3) is 0.625. The predicted octanol–water partition coefficient (Wildman–Crippen LogP) is 4.76. The molecular weight excluding hydrogens is 409 g/mol. The van der Waals surface area contributed by atoms with Gasteiger partial charge >= 0.3 is 6.36 Å². The summed E-state index contributed by atoms with van der Waals surface area (Å²) in [5, 5.41) is 3.30. The van der Waals surface area contributed by atoms with Crippen LogP contribution >= 0.6 is 28.3 Å². The van der Waals surface area contributed by atoms with Gasteiger partial charge in [-0.05, 0) is 36.1 Å². The fourth-order valence-electron chi connectivity index (χ4n) is 2.91. The quantitative estimate of drug-likeness (QED) is 0.727. The average molecular weight is 432 g/mol. The number of halogens is 5. The van der Waals surface area contributed by atoms with Crippen molar-refractivity contribution in [2.24, 2.45) is 5.92 Å². The highest BCUT2D eigenvalue weighted by molar-refractivity contribution is 9.10. The van der Waals surface area contributed by atoms with Crippen LogP contribution in [0.15, 0.2) is 22.7 Å². The number of rotatable bonds is 5. The molecule has 1 aromatic carbocycles. The summed E-state index contributed by atoms with van der Waals surface area (Å²) < 4.78 is 42.2. The third kappa shape index (κ3) is 6.78. The Balaban J connectivity index is 0.00000288. The smallest absolute Gasteiger partial charge is 0.406 e. The lowest BCUT2D eigenvalue weighted by Gasteiger charge is -2.36. The van der Waals surface area contributed by atoms with Gasteiger partial charge in [-0.15, -0.1) is 25.6 Å². The molecule has 138 valence electrons. The number of hydrogen-bond acceptors (Lipinski definition) is 3. The predicted molar refractivity (Wildman–Crippen MR) is 94.7 cm³/mol. The van der Waals surface area contributed by atoms with Crippen molar-refractivity contribution >= 4 is 28.3 Å². The molecule has 0 amide bonds. The molecule has 0 spiro atoms. The molecule has 24 heavy (non-hydrogen) atoms. The number of benzene rings is 1. The van der Waals surface area contributed by atoms with Gasteiger partial charge in [-0.25, -0.2) is 0 Å². The molecule has 1 saturated heterocycles. The van der Waals surface area contributed by atoms with E-state index >= 15 is 0 Å². The number of piperazine rings is 1. The normalized spacial score (nSPS) is 17.5. The molecule has 0 saturated carbocycles. The molecule has 0 bridgehead atoms. The maximum absolute atomic E-state index is 12.5. The van der Waals surface area contributed by atoms with Gasteiger partial charge in [-0.2, -0.15) is 0 Å². The Hall–Kier alpha value is -0.500. The summed E-state index contributed by atoms with van der Waals surface area (Å²) in [5.74, 6) is 0.270. The summed E-state index contributed by atoms with van der Waals surface area (Å²) >= 11 is 3.30. The van der Waals surface area contributed by atoms with Crippen molar-refractivity contribution in [1.29, 1.82) is 0 Å². The molecule has 1 aliphatic heterocycles. The molecule has 0 aliphatic carbocycles. The second kappa shape index (κ2) is 9.27. The van der Waals surface area contributed by atoms with Crippen molar-refractivity contribution in [1.82, 2.24) is 10.2 Å². The maximum Gasteiger partial charge on any atom is 0.573 e. The molecular formula is C16H23BrClF3N2O. The Bertz CT molecular complexity index is 523. The van der Waals surface area contributed by atoms with Crippen LogP contribution in [0.4, 0.5) is 13.2 Å². The molecule has 2 rings (SSSR count). The maximum atomic E-state index is 12.5. The Morgan fingerprint density at radius 3 is 2.38 bits per heavy atom. The number of ether oxygens (including phenoxy) is 1. The zero-order valence-corrected chi connectivity index (χ0v) is 16.1. The Morgan fingerprint density at radius 1 is 1.21 bits per heavy atom. The highest BCUT2D eigenvalue weighted by atomic mass is 79.9. The van der Waals surface area contributed by atoms with Crippen LogP contribution < -0.4 is 10.1 Å². The number of hydrogen-bond donors (Lipinski definition) is 1. The van der Waals surface area contributed by atoms with Crippen LogP contribution in [0.25, 0.3) is 0 Å². The van der Waals surface area contributed by atoms with Crippen LogP contribution in [-0.2, 0) is 0 Å². The van der Waals surface area contributed by atoms with E-state index in [4.69, 9.17) is 0 Å². The van der Waals surface area contributed by atoms with Crippen molar-refractivity contribution in [2.45, 2.75) is 32.7 Å². The van der Waals surface area contributed by atoms with E-state index in [9.17, 15) is 13.2 Å². The van der Waals surface area contributed by atoms with Crippen LogP contribution in [0.5, 0.6) is 5.75 Å². The van der Waals surface area contributed by atoms with E-state index in [1.54, 1.807) is 0 Å². The zero-order valence-electron chi connectivity index (χ0n) is 13.7. The van der Waals surface area contributed by atoms with Gasteiger partial charge in [-0.3, -0.25) is 4.90 Å². The monoisotopic (exact) mass is 430 g/mol. The first kappa shape index (κ1) is 21.5. The third-order valence-electron chi connectivity index (χ3n) is 3.80. The first-order chi connectivity index (χ1) is 10.7. The van der Waals surface area contributed by atoms with Crippen LogP contribution in [0.1, 0.15) is 31.9 Å². The minimum atomic E-state index is -4.68. The molecule has 1 aromatic rings. The molecule has 3 nitrogen and oxygen atoms in total. The largest absolute Gasteiger partial charge is 0.573 e. The highest BCUT2D eigenvalue weighted by Gasteiger charge is 2.32. The number of nitrogens with one attached hydrogen (secondary N) is 1. The van der Waals surface area contributed by atoms with Crippen LogP contribution in [-0.4, -0.2) is 37.4 Å². The first-order valence-corrected chi connectivity index (χ1v) is 8.55. The standard InChI is InChI=1S/C16H22BrF3N2O.ClH/c1-11(2)7-15(22-5-3-21-4-6-22)12-8-13(17)10-14(9-12)23-16(18,19)20;/h8-11,15,21H,3-7H2,1-2H3;1H/t15-;/m0./s1. The Morgan fingerprint density at radius 2 is 1.83 bits per heavy atom. The van der Waals surface area contributed by atoms with E-state index in [0.717, 1.165) is 38.2 Å². The van der Waals surface area contributed by atoms with Gasteiger partial charge in [0.15, 0.2) is 0 Å². The van der Waals surface area contributed by atoms with Gasteiger partial charge < -0.3 is 10.1 Å². The molecule has 0 radical (unpaired) electrons. The summed E-state index contributed by atoms with van der Waals surface area (Å²) in [6.07, 6.45) is -3.79. The van der Waals surface area contributed by atoms with Gasteiger partial charge in [0, 0.05) is 36.7 Å². The second-order valence-corrected chi connectivity index (χ2v) is 7.12. The summed E-state index contributed by atoms with van der Waals surface area (Å²) in [7, 11) is 0. The Kier molecular flexibility index (Phi) is 8.32. The van der Waals surface area contributed by atoms with Crippen molar-refractivity contribution in [3.05, 3.63) is 28.2 Å². The van der Waals surface area contributed by atoms with Gasteiger partial charge in [0.2, 0.25) is 0 Å². The van der Waals surface area contributed by atoms with Crippen LogP contribution in [0.3, 0.4) is 0 Å². The molecule has 0 unspecified atom stereocenters. The fourth-order valence-corrected chi connectivity index (χ4v) is 3.40. The molecule has 1 heterocycles. The minimum absolute atomic E-state index is 0. The molecule has 8 heteroatoms. The zero-order chi connectivity index (χ0) is 17.0. The SMILES string of the molecule is CC(C)C[C@@H](c1cc(Br)cc(OC(F)(F)F)c1)N1CCNCC1.Cl. The van der Waals surface area contributed by atoms with E-state index in [2.05, 4.69) is 44.7 Å². The van der Waals surface area contributed by atoms with Gasteiger partial charge in [-0.1, -0.05) is 29.8 Å². The number of alkyl halides is 3. The van der Waals surface area contributed by atoms with Crippen molar-refractivity contribution in [3.63, 3.8) is 0 Å². The summed E-state index contributed by atoms with van der Waals surface area (Å²) in [6, 6.07) is 4.83. The lowest BCUT2D eigenvalue weighted by molar-refractivity contribution is -0.274. The van der Waals surface area contributed by atoms with Crippen molar-refractivity contribution in [2.75, 3.05) is 26.2 Å². The van der Waals surface area contributed by atoms with E-state index in [0.29, 0.717) is 10.4 Å². The topological polar surface area (TPSA) is 24.5 Å². The molecule has 1 fully saturated rings. The molecule has 1 aliphatic rings. The van der Waals surface area contributed by atoms with Gasteiger partial charge in [0.25, 0.3) is 0 Å². The summed E-state index contributed by atoms with van der Waals surface area (Å²) in [5.41, 5.74) is 0.856. The van der Waals surface area contributed by atoms with E-state index in [1.165, 1.54) is 12.1 Å². The summed E-state index contributed by atoms with van der Waals surface area (Å²) in [4.78, 5) is 2.33. The van der Waals surface area contributed by atoms with Gasteiger partial charge in [0.1, 0.15) is 5.75 Å². The molecule has 0 aromatic heterocycles. The van der Waals surface area contributed by atoms with E-state index in [-0.39, 0.29) is 24.2 Å². The second-order valence-electron chi connectivity index (χ2n) is 6.20. The molecule has 1 N–H and O–H groups in total. The van der Waals surface area contributed by atoms with E-state index in [1.807, 2.05) is 6.07 Å². The summed E-state index contributed by atoms with van der Waals surface area (Å²) in [6.45, 7) is 7.82. The van der Waals surface area contributed by atoms with Crippen LogP contribution in [0.2, 0.25) is 0 Å². The van der Waals surface area contributed by atoms with Crippen LogP contribution in [0, 0.1) is 5.92 Å². The van der Waals surface area contributed by atoms with Gasteiger partial charge in [0.05, 0.1) is 0 Å². The van der Waals surface area contributed by atoms with Crippen molar-refractivity contribution in [3.8, 4) is 5.75 Å². The lowest BCUT2D eigenvalue weighted by Crippen LogP contribution is -2.45. The highest BCUT2D eigenvalue weighted by Crippen LogP contribution is 2.34. The lowest BCUT2D eigenvalue weighted by atomic mass is 9.95. The third-order valence-corrected chi connectivity index (χ3v) is 4.26. The minimum Gasteiger partial charge on any atom is -0.406 e. The molecule has 1 atom stereocenters. The first-order valence-electron chi connectivity index (χ1n) is 7.75. The van der Waals surface area contributed by atoms with Crippen molar-refractivity contribution < 1.29 is 17.9 Å². The average Bonchev–Trinajstić information content (AvgIpc) is 2.43. The van der Waals surface area contributed by atoms with E-state index < -0.39 is 6.36 Å².